The highest BCUT2D eigenvalue weighted by molar-refractivity contribution is 5.80. The van der Waals surface area contributed by atoms with Gasteiger partial charge in [0.25, 0.3) is 0 Å². The molecule has 1 rings (SSSR count). The van der Waals surface area contributed by atoms with Crippen LogP contribution in [0.1, 0.15) is 168 Å². The summed E-state index contributed by atoms with van der Waals surface area (Å²) >= 11 is 0. The van der Waals surface area contributed by atoms with Crippen molar-refractivity contribution >= 4 is 5.91 Å². The van der Waals surface area contributed by atoms with Crippen LogP contribution in [0.25, 0.3) is 0 Å². The Morgan fingerprint density at radius 3 is 1.68 bits per heavy atom. The Morgan fingerprint density at radius 2 is 1.13 bits per heavy atom. The number of aliphatic hydroxyl groups excluding tert-OH is 7. The molecule has 312 valence electrons. The number of unbranched alkanes of at least 4 members (excludes halogenated alkanes) is 18. The van der Waals surface area contributed by atoms with Crippen LogP contribution in [0.15, 0.2) is 24.3 Å². The highest BCUT2D eigenvalue weighted by atomic mass is 16.7. The first-order valence-electron chi connectivity index (χ1n) is 21.2. The van der Waals surface area contributed by atoms with E-state index in [0.717, 1.165) is 51.4 Å². The van der Waals surface area contributed by atoms with Crippen molar-refractivity contribution in [3.05, 3.63) is 24.3 Å². The van der Waals surface area contributed by atoms with E-state index in [0.29, 0.717) is 12.8 Å². The molecule has 1 amide bonds. The summed E-state index contributed by atoms with van der Waals surface area (Å²) in [4.78, 5) is 13.0. The molecule has 0 bridgehead atoms. The van der Waals surface area contributed by atoms with Crippen LogP contribution in [0.5, 0.6) is 0 Å². The minimum Gasteiger partial charge on any atom is -0.394 e. The van der Waals surface area contributed by atoms with E-state index < -0.39 is 74.2 Å². The van der Waals surface area contributed by atoms with E-state index in [4.69, 9.17) is 9.47 Å². The van der Waals surface area contributed by atoms with E-state index in [-0.39, 0.29) is 12.8 Å². The molecule has 1 heterocycles. The van der Waals surface area contributed by atoms with E-state index in [9.17, 15) is 40.5 Å². The predicted octanol–water partition coefficient (Wildman–Crippen LogP) is 5.89. The Kier molecular flexibility index (Phi) is 30.7. The van der Waals surface area contributed by atoms with Crippen molar-refractivity contribution in [1.82, 2.24) is 5.32 Å². The number of nitrogens with one attached hydrogen (secondary N) is 1. The van der Waals surface area contributed by atoms with Crippen molar-refractivity contribution in [2.75, 3.05) is 13.2 Å². The summed E-state index contributed by atoms with van der Waals surface area (Å²) in [6.07, 6.45) is 22.5. The van der Waals surface area contributed by atoms with Crippen molar-refractivity contribution in [2.24, 2.45) is 0 Å². The number of allylic oxidation sites excluding steroid dienone is 4. The van der Waals surface area contributed by atoms with Crippen LogP contribution < -0.4 is 5.32 Å². The van der Waals surface area contributed by atoms with Crippen LogP contribution in [0.2, 0.25) is 0 Å². The molecule has 1 saturated heterocycles. The van der Waals surface area contributed by atoms with Crippen molar-refractivity contribution in [3.63, 3.8) is 0 Å². The number of hydrogen-bond donors (Lipinski definition) is 8. The van der Waals surface area contributed by atoms with Crippen LogP contribution in [0.3, 0.4) is 0 Å². The lowest BCUT2D eigenvalue weighted by molar-refractivity contribution is -0.303. The third-order valence-corrected chi connectivity index (χ3v) is 10.2. The zero-order chi connectivity index (χ0) is 39.1. The predicted molar refractivity (Wildman–Crippen MR) is 210 cm³/mol. The Bertz CT molecular complexity index is 918. The van der Waals surface area contributed by atoms with Gasteiger partial charge < -0.3 is 50.5 Å². The summed E-state index contributed by atoms with van der Waals surface area (Å²) in [5, 5.41) is 75.2. The normalized spacial score (nSPS) is 23.1. The quantitative estimate of drug-likeness (QED) is 0.0291. The molecular weight excluding hydrogens is 678 g/mol. The van der Waals surface area contributed by atoms with Gasteiger partial charge in [-0.3, -0.25) is 4.79 Å². The smallest absolute Gasteiger partial charge is 0.249 e. The molecule has 9 atom stereocenters. The number of carbonyl (C=O) groups excluding carboxylic acids is 1. The van der Waals surface area contributed by atoms with Crippen LogP contribution in [-0.2, 0) is 14.3 Å². The summed E-state index contributed by atoms with van der Waals surface area (Å²) in [7, 11) is 0. The first-order chi connectivity index (χ1) is 25.7. The minimum atomic E-state index is -1.67. The standard InChI is InChI=1S/C42H79NO10/c1-3-5-7-9-11-13-14-15-16-17-18-19-20-22-23-25-27-29-34(45)37(47)33(32-52-42-40(50)39(49)38(48)36(31-44)53-42)43-41(51)35(46)30-28-26-24-21-12-10-8-6-4-2/h10,12,22-23,33-40,42,44-50H,3-9,11,13-21,24-32H2,1-2H3,(H,43,51)/b12-10-,23-22+. The van der Waals surface area contributed by atoms with Gasteiger partial charge >= 0.3 is 0 Å². The lowest BCUT2D eigenvalue weighted by Crippen LogP contribution is -2.60. The molecule has 0 radical (unpaired) electrons. The number of rotatable bonds is 34. The van der Waals surface area contributed by atoms with Gasteiger partial charge in [-0.15, -0.1) is 0 Å². The number of ether oxygens (including phenoxy) is 2. The minimum absolute atomic E-state index is 0.232. The molecule has 9 unspecified atom stereocenters. The maximum atomic E-state index is 13.0. The van der Waals surface area contributed by atoms with E-state index in [1.165, 1.54) is 77.0 Å². The van der Waals surface area contributed by atoms with Crippen LogP contribution in [0, 0.1) is 0 Å². The van der Waals surface area contributed by atoms with Gasteiger partial charge in [0.05, 0.1) is 25.4 Å². The largest absolute Gasteiger partial charge is 0.394 e. The fourth-order valence-corrected chi connectivity index (χ4v) is 6.60. The molecule has 0 aromatic carbocycles. The van der Waals surface area contributed by atoms with Gasteiger partial charge in [-0.1, -0.05) is 134 Å². The second-order valence-electron chi connectivity index (χ2n) is 15.1. The maximum Gasteiger partial charge on any atom is 0.249 e. The Morgan fingerprint density at radius 1 is 0.642 bits per heavy atom. The molecule has 0 aliphatic carbocycles. The van der Waals surface area contributed by atoms with Gasteiger partial charge in [0.15, 0.2) is 6.29 Å². The second-order valence-corrected chi connectivity index (χ2v) is 15.1. The Balaban J connectivity index is 2.51. The van der Waals surface area contributed by atoms with E-state index >= 15 is 0 Å². The molecule has 11 nitrogen and oxygen atoms in total. The van der Waals surface area contributed by atoms with Gasteiger partial charge in [-0.25, -0.2) is 0 Å². The molecule has 11 heteroatoms. The maximum absolute atomic E-state index is 13.0. The molecule has 1 aliphatic rings. The average Bonchev–Trinajstić information content (AvgIpc) is 3.16. The topological polar surface area (TPSA) is 189 Å². The summed E-state index contributed by atoms with van der Waals surface area (Å²) in [5.74, 6) is -0.723. The molecule has 0 spiro atoms. The SMILES string of the molecule is CCCC/C=C\CCCCCC(O)C(=O)NC(COC1OC(CO)C(O)C(O)C1O)C(O)C(O)CCC/C=C/CCCCCCCCCCCCCC. The molecule has 0 aromatic rings. The Labute approximate surface area is 321 Å². The van der Waals surface area contributed by atoms with Crippen molar-refractivity contribution in [1.29, 1.82) is 0 Å². The second kappa shape index (κ2) is 32.8. The fraction of sp³-hybridized carbons (Fsp3) is 0.881. The van der Waals surface area contributed by atoms with Gasteiger partial charge in [0.1, 0.15) is 36.6 Å². The molecule has 8 N–H and O–H groups in total. The molecule has 1 aliphatic heterocycles. The highest BCUT2D eigenvalue weighted by Crippen LogP contribution is 2.23. The first-order valence-corrected chi connectivity index (χ1v) is 21.2. The van der Waals surface area contributed by atoms with E-state index in [2.05, 4.69) is 43.5 Å². The Hall–Kier alpha value is -1.41. The van der Waals surface area contributed by atoms with Gasteiger partial charge in [-0.2, -0.15) is 0 Å². The fourth-order valence-electron chi connectivity index (χ4n) is 6.60. The van der Waals surface area contributed by atoms with Gasteiger partial charge in [0.2, 0.25) is 5.91 Å². The lowest BCUT2D eigenvalue weighted by Gasteiger charge is -2.40. The molecule has 0 saturated carbocycles. The van der Waals surface area contributed by atoms with Crippen LogP contribution in [-0.4, -0.2) is 110 Å². The number of aliphatic hydroxyl groups is 7. The molecular formula is C42H79NO10. The lowest BCUT2D eigenvalue weighted by atomic mass is 9.98. The zero-order valence-electron chi connectivity index (χ0n) is 33.2. The average molecular weight is 758 g/mol. The van der Waals surface area contributed by atoms with E-state index in [1.54, 1.807) is 0 Å². The monoisotopic (exact) mass is 758 g/mol. The van der Waals surface area contributed by atoms with Crippen molar-refractivity contribution in [2.45, 2.75) is 223 Å². The highest BCUT2D eigenvalue weighted by Gasteiger charge is 2.44. The van der Waals surface area contributed by atoms with Gasteiger partial charge in [0, 0.05) is 0 Å². The van der Waals surface area contributed by atoms with Crippen molar-refractivity contribution in [3.8, 4) is 0 Å². The number of carbonyl (C=O) groups is 1. The molecule has 1 fully saturated rings. The van der Waals surface area contributed by atoms with E-state index in [1.807, 2.05) is 0 Å². The molecule has 53 heavy (non-hydrogen) atoms. The van der Waals surface area contributed by atoms with Crippen molar-refractivity contribution < 1.29 is 50.0 Å². The summed E-state index contributed by atoms with van der Waals surface area (Å²) in [6.45, 7) is 3.33. The van der Waals surface area contributed by atoms with Gasteiger partial charge in [-0.05, 0) is 57.8 Å². The zero-order valence-corrected chi connectivity index (χ0v) is 33.2. The van der Waals surface area contributed by atoms with Crippen LogP contribution >= 0.6 is 0 Å². The number of hydrogen-bond acceptors (Lipinski definition) is 10. The summed E-state index contributed by atoms with van der Waals surface area (Å²) < 4.78 is 11.0. The summed E-state index contributed by atoms with van der Waals surface area (Å²) in [5.41, 5.74) is 0. The third kappa shape index (κ3) is 23.3. The third-order valence-electron chi connectivity index (χ3n) is 10.2. The number of amides is 1. The first kappa shape index (κ1) is 49.6. The molecule has 0 aromatic heterocycles. The van der Waals surface area contributed by atoms with Crippen LogP contribution in [0.4, 0.5) is 0 Å². The summed E-state index contributed by atoms with van der Waals surface area (Å²) in [6, 6.07) is -1.19.